The number of nitrogens with two attached hydrogens (primary N) is 1. The Kier molecular flexibility index (Phi) is 35.0. The number of nitrogens with one attached hydrogen (secondary N) is 8. The summed E-state index contributed by atoms with van der Waals surface area (Å²) in [4.78, 5) is 152. The Morgan fingerprint density at radius 1 is 0.469 bits per heavy atom. The van der Waals surface area contributed by atoms with Crippen LogP contribution in [0.25, 0.3) is 0 Å². The standard InChI is InChI=1S/C56H93N9O33/c1-19(47(80)65-29(53(89)90)12-13-35(76)64-28(11-9-10-27(57)52(87)88)49(82)59-20(2)50(83)84)58-48(81)21(3)91-42(30(14-66)60-23(5)71)43(31(75)15-67)96-55-37(62-25(7)73)41(79)44(33(17-69)94-55)97-56-38(63-26(8)74)46(92-22(4)51(85)86)45(34(18-70)95-56)98-54-36(61-24(6)72)40(78)39(77)32(16-68)93-54/h19-22,27-34,36-46,54-56,66-70,75,77-79H,9-18,57H2,1-8H3,(H,58,81)(H,59,82)(H,60,71)(H,61,72)(H,62,73)(H,63,74)(H,64,76)(H,65,80)(H,83,84)(H,85,86)(H,87,88)(H,89,90). The number of carboxylic acid groups (broad SMARTS) is 4. The number of carbonyl (C=O) groups excluding carboxylic acids is 8. The number of aliphatic hydroxyl groups is 9. The molecule has 3 fully saturated rings. The highest BCUT2D eigenvalue weighted by Gasteiger charge is 2.57. The molecule has 560 valence electrons. The molecule has 23 N–H and O–H groups in total. The van der Waals surface area contributed by atoms with Crippen molar-refractivity contribution in [1.29, 1.82) is 0 Å². The molecule has 0 aromatic rings. The van der Waals surface area contributed by atoms with Gasteiger partial charge in [-0.05, 0) is 53.4 Å². The summed E-state index contributed by atoms with van der Waals surface area (Å²) in [5.74, 6) is -13.9. The molecule has 3 aliphatic heterocycles. The van der Waals surface area contributed by atoms with Crippen molar-refractivity contribution in [3.8, 4) is 0 Å². The van der Waals surface area contributed by atoms with Gasteiger partial charge in [-0.3, -0.25) is 47.9 Å². The minimum absolute atomic E-state index is 0.0463. The van der Waals surface area contributed by atoms with Crippen molar-refractivity contribution in [1.82, 2.24) is 42.5 Å². The number of amides is 8. The lowest BCUT2D eigenvalue weighted by molar-refractivity contribution is -0.361. The summed E-state index contributed by atoms with van der Waals surface area (Å²) in [6, 6.07) is -14.9. The fraction of sp³-hybridized carbons (Fsp3) is 0.786. The summed E-state index contributed by atoms with van der Waals surface area (Å²) in [5, 5.41) is 155. The zero-order valence-corrected chi connectivity index (χ0v) is 54.6. The van der Waals surface area contributed by atoms with Crippen LogP contribution in [0.3, 0.4) is 0 Å². The van der Waals surface area contributed by atoms with Gasteiger partial charge in [0, 0.05) is 34.1 Å². The first kappa shape index (κ1) is 85.1. The molecule has 3 rings (SSSR count). The van der Waals surface area contributed by atoms with Gasteiger partial charge in [-0.1, -0.05) is 0 Å². The van der Waals surface area contributed by atoms with Crippen LogP contribution >= 0.6 is 0 Å². The van der Waals surface area contributed by atoms with E-state index in [1.807, 2.05) is 0 Å². The molecule has 42 heteroatoms. The fourth-order valence-electron chi connectivity index (χ4n) is 10.5. The van der Waals surface area contributed by atoms with E-state index in [-0.39, 0.29) is 19.3 Å². The van der Waals surface area contributed by atoms with Gasteiger partial charge in [0.15, 0.2) is 25.0 Å². The fourth-order valence-corrected chi connectivity index (χ4v) is 10.5. The number of hydrogen-bond acceptors (Lipinski definition) is 30. The van der Waals surface area contributed by atoms with Gasteiger partial charge in [0.25, 0.3) is 0 Å². The molecule has 26 atom stereocenters. The van der Waals surface area contributed by atoms with Gasteiger partial charge in [0.1, 0.15) is 128 Å². The van der Waals surface area contributed by atoms with E-state index in [1.165, 1.54) is 0 Å². The predicted octanol–water partition coefficient (Wildman–Crippen LogP) is -11.1. The topological polar surface area (TPSA) is 664 Å². The summed E-state index contributed by atoms with van der Waals surface area (Å²) >= 11 is 0. The molecular weight excluding hydrogens is 1330 g/mol. The van der Waals surface area contributed by atoms with E-state index >= 15 is 0 Å². The summed E-state index contributed by atoms with van der Waals surface area (Å²) in [6.07, 6.45) is -34.8. The van der Waals surface area contributed by atoms with Crippen LogP contribution in [-0.4, -0.2) is 329 Å². The van der Waals surface area contributed by atoms with Crippen LogP contribution in [0.4, 0.5) is 0 Å². The van der Waals surface area contributed by atoms with Gasteiger partial charge < -0.3 is 153 Å². The van der Waals surface area contributed by atoms with Crippen LogP contribution in [0.15, 0.2) is 0 Å². The largest absolute Gasteiger partial charge is 0.480 e. The number of carboxylic acids is 4. The van der Waals surface area contributed by atoms with Crippen molar-refractivity contribution in [2.24, 2.45) is 5.73 Å². The number of aliphatic carboxylic acids is 4. The molecule has 42 nitrogen and oxygen atoms in total. The van der Waals surface area contributed by atoms with Crippen LogP contribution in [0.1, 0.15) is 87.5 Å². The van der Waals surface area contributed by atoms with Gasteiger partial charge >= 0.3 is 23.9 Å². The van der Waals surface area contributed by atoms with Crippen molar-refractivity contribution in [2.45, 2.75) is 246 Å². The maximum absolute atomic E-state index is 13.9. The van der Waals surface area contributed by atoms with Crippen LogP contribution in [0.5, 0.6) is 0 Å². The highest BCUT2D eigenvalue weighted by Crippen LogP contribution is 2.35. The maximum atomic E-state index is 13.9. The van der Waals surface area contributed by atoms with Crippen molar-refractivity contribution >= 4 is 71.1 Å². The Morgan fingerprint density at radius 2 is 0.990 bits per heavy atom. The van der Waals surface area contributed by atoms with Gasteiger partial charge in [-0.15, -0.1) is 0 Å². The SMILES string of the molecule is CC(=O)NC(CO)C(OC(C)C(=O)NC(C)C(=O)NC(CCC(=O)NC(CCCC(N)C(=O)O)C(=O)NC(C)C(=O)O)C(=O)O)C(OC1OC(CO)C(OC2OC(CO)C(OC3OC(CO)C(O)C(O)C3NC(C)=O)C(OC(C)C(=O)O)C2NC(C)=O)C(O)C1NC(C)=O)C(O)CO. The zero-order valence-electron chi connectivity index (χ0n) is 54.6. The molecule has 3 heterocycles. The molecule has 0 aromatic heterocycles. The smallest absolute Gasteiger partial charge is 0.332 e. The Bertz CT molecular complexity index is 2710. The molecule has 8 amide bonds. The third-order valence-corrected chi connectivity index (χ3v) is 15.6. The highest BCUT2D eigenvalue weighted by atomic mass is 16.8. The molecule has 0 saturated carbocycles. The van der Waals surface area contributed by atoms with E-state index in [1.54, 1.807) is 0 Å². The van der Waals surface area contributed by atoms with E-state index in [2.05, 4.69) is 42.5 Å². The molecule has 98 heavy (non-hydrogen) atoms. The van der Waals surface area contributed by atoms with Crippen LogP contribution < -0.4 is 48.3 Å². The Labute approximate surface area is 559 Å². The second-order valence-corrected chi connectivity index (χ2v) is 23.4. The molecule has 0 bridgehead atoms. The second kappa shape index (κ2) is 40.2. The third kappa shape index (κ3) is 25.0. The molecule has 26 unspecified atom stereocenters. The Morgan fingerprint density at radius 3 is 1.50 bits per heavy atom. The molecule has 0 spiro atoms. The first-order valence-electron chi connectivity index (χ1n) is 30.8. The predicted molar refractivity (Wildman–Crippen MR) is 320 cm³/mol. The second-order valence-electron chi connectivity index (χ2n) is 23.4. The Hall–Kier alpha value is -7.08. The van der Waals surface area contributed by atoms with E-state index in [0.717, 1.165) is 55.4 Å². The number of hydrogen-bond donors (Lipinski definition) is 22. The van der Waals surface area contributed by atoms with Gasteiger partial charge in [-0.25, -0.2) is 9.59 Å². The first-order valence-corrected chi connectivity index (χ1v) is 30.8. The summed E-state index contributed by atoms with van der Waals surface area (Å²) in [6.45, 7) is 2.66. The van der Waals surface area contributed by atoms with Crippen molar-refractivity contribution in [3.05, 3.63) is 0 Å². The highest BCUT2D eigenvalue weighted by molar-refractivity contribution is 5.92. The average Bonchev–Trinajstić information content (AvgIpc) is 0.767. The summed E-state index contributed by atoms with van der Waals surface area (Å²) in [5.41, 5.74) is 5.53. The summed E-state index contributed by atoms with van der Waals surface area (Å²) < 4.78 is 48.4. The van der Waals surface area contributed by atoms with E-state index in [0.29, 0.717) is 0 Å². The monoisotopic (exact) mass is 1420 g/mol. The Balaban J connectivity index is 1.98. The van der Waals surface area contributed by atoms with Crippen molar-refractivity contribution in [2.75, 3.05) is 33.0 Å². The summed E-state index contributed by atoms with van der Waals surface area (Å²) in [7, 11) is 0. The van der Waals surface area contributed by atoms with Crippen LogP contribution in [0.2, 0.25) is 0 Å². The minimum atomic E-state index is -2.21. The van der Waals surface area contributed by atoms with Crippen molar-refractivity contribution < 1.29 is 162 Å². The van der Waals surface area contributed by atoms with Gasteiger partial charge in [-0.2, -0.15) is 0 Å². The molecule has 3 aliphatic rings. The number of rotatable bonds is 40. The number of carbonyl (C=O) groups is 12. The van der Waals surface area contributed by atoms with Crippen LogP contribution in [-0.2, 0) is 95.4 Å². The van der Waals surface area contributed by atoms with Gasteiger partial charge in [0.05, 0.1) is 39.1 Å². The van der Waals surface area contributed by atoms with Crippen LogP contribution in [0, 0.1) is 0 Å². The molecule has 3 saturated heterocycles. The normalized spacial score (nSPS) is 28.9. The first-order chi connectivity index (χ1) is 45.9. The third-order valence-electron chi connectivity index (χ3n) is 15.6. The lowest BCUT2D eigenvalue weighted by Gasteiger charge is -2.51. The van der Waals surface area contributed by atoms with Crippen molar-refractivity contribution in [3.63, 3.8) is 0 Å². The molecule has 0 aromatic carbocycles. The van der Waals surface area contributed by atoms with Gasteiger partial charge in [0.2, 0.25) is 47.3 Å². The number of ether oxygens (including phenoxy) is 8. The minimum Gasteiger partial charge on any atom is -0.480 e. The molecule has 0 aliphatic carbocycles. The van der Waals surface area contributed by atoms with E-state index in [4.69, 9.17) is 48.7 Å². The quantitative estimate of drug-likeness (QED) is 0.0271. The van der Waals surface area contributed by atoms with E-state index in [9.17, 15) is 119 Å². The van der Waals surface area contributed by atoms with E-state index < -0.39 is 276 Å². The maximum Gasteiger partial charge on any atom is 0.332 e. The lowest BCUT2D eigenvalue weighted by Crippen LogP contribution is -2.72. The lowest BCUT2D eigenvalue weighted by atomic mass is 9.93. The molecular formula is C56H93N9O33. The average molecular weight is 1420 g/mol. The number of aliphatic hydroxyl groups excluding tert-OH is 9. The molecule has 0 radical (unpaired) electrons. The zero-order chi connectivity index (χ0) is 74.3.